The number of rotatable bonds is 2. The molecule has 1 aromatic carbocycles. The summed E-state index contributed by atoms with van der Waals surface area (Å²) in [4.78, 5) is 0. The largest absolute Gasteiger partial charge is 0.573 e. The average Bonchev–Trinajstić information content (AvgIpc) is 2.49. The fraction of sp³-hybridized carbons (Fsp3) is 0.538. The molecule has 1 aliphatic heterocycles. The van der Waals surface area contributed by atoms with Crippen LogP contribution in [0.3, 0.4) is 0 Å². The van der Waals surface area contributed by atoms with Crippen LogP contribution in [0.25, 0.3) is 0 Å². The second-order valence-electron chi connectivity index (χ2n) is 5.82. The van der Waals surface area contributed by atoms with E-state index in [1.54, 1.807) is 27.7 Å². The lowest BCUT2D eigenvalue weighted by molar-refractivity contribution is -0.274. The lowest BCUT2D eigenvalue weighted by Gasteiger charge is -2.32. The third-order valence-corrected chi connectivity index (χ3v) is 3.71. The van der Waals surface area contributed by atoms with E-state index in [-0.39, 0.29) is 5.46 Å². The van der Waals surface area contributed by atoms with Crippen molar-refractivity contribution in [3.8, 4) is 5.75 Å². The molecule has 0 spiro atoms. The molecule has 0 N–H and O–H groups in total. The zero-order valence-electron chi connectivity index (χ0n) is 12.0. The van der Waals surface area contributed by atoms with Gasteiger partial charge < -0.3 is 14.0 Å². The minimum Gasteiger partial charge on any atom is -0.406 e. The van der Waals surface area contributed by atoms with Gasteiger partial charge in [0, 0.05) is 5.46 Å². The Morgan fingerprint density at radius 1 is 1.05 bits per heavy atom. The normalized spacial score (nSPS) is 20.7. The van der Waals surface area contributed by atoms with Gasteiger partial charge in [-0.2, -0.15) is 0 Å². The molecule has 1 saturated heterocycles. The van der Waals surface area contributed by atoms with Crippen molar-refractivity contribution in [3.05, 3.63) is 24.0 Å². The van der Waals surface area contributed by atoms with Crippen LogP contribution in [0.1, 0.15) is 27.7 Å². The maximum absolute atomic E-state index is 13.9. The van der Waals surface area contributed by atoms with Gasteiger partial charge in [-0.3, -0.25) is 0 Å². The molecule has 1 aromatic rings. The summed E-state index contributed by atoms with van der Waals surface area (Å²) in [5, 5.41) is 0. The molecular formula is C13H15BF4O3. The van der Waals surface area contributed by atoms with Crippen molar-refractivity contribution in [2.45, 2.75) is 45.3 Å². The second kappa shape index (κ2) is 4.88. The first-order valence-electron chi connectivity index (χ1n) is 6.32. The van der Waals surface area contributed by atoms with Crippen LogP contribution in [0.5, 0.6) is 5.75 Å². The van der Waals surface area contributed by atoms with Crippen LogP contribution in [0.4, 0.5) is 17.6 Å². The fourth-order valence-corrected chi connectivity index (χ4v) is 1.87. The summed E-state index contributed by atoms with van der Waals surface area (Å²) in [6, 6.07) is 2.73. The molecule has 0 saturated carbocycles. The molecule has 1 aliphatic rings. The van der Waals surface area contributed by atoms with Crippen LogP contribution in [-0.4, -0.2) is 24.7 Å². The first-order valence-corrected chi connectivity index (χ1v) is 6.32. The van der Waals surface area contributed by atoms with Crippen LogP contribution in [0.2, 0.25) is 0 Å². The number of hydrogen-bond acceptors (Lipinski definition) is 3. The Labute approximate surface area is 120 Å². The zero-order chi connectivity index (χ0) is 16.1. The van der Waals surface area contributed by atoms with E-state index >= 15 is 0 Å². The van der Waals surface area contributed by atoms with Gasteiger partial charge in [-0.1, -0.05) is 0 Å². The third kappa shape index (κ3) is 3.32. The summed E-state index contributed by atoms with van der Waals surface area (Å²) in [6.07, 6.45) is -4.84. The molecule has 21 heavy (non-hydrogen) atoms. The van der Waals surface area contributed by atoms with Gasteiger partial charge in [0.2, 0.25) is 0 Å². The highest BCUT2D eigenvalue weighted by molar-refractivity contribution is 6.62. The van der Waals surface area contributed by atoms with E-state index in [2.05, 4.69) is 4.74 Å². The number of ether oxygens (including phenoxy) is 1. The van der Waals surface area contributed by atoms with Gasteiger partial charge >= 0.3 is 13.5 Å². The van der Waals surface area contributed by atoms with E-state index in [0.717, 1.165) is 18.2 Å². The van der Waals surface area contributed by atoms with E-state index in [1.165, 1.54) is 0 Å². The van der Waals surface area contributed by atoms with E-state index in [0.29, 0.717) is 0 Å². The summed E-state index contributed by atoms with van der Waals surface area (Å²) in [5.41, 5.74) is -1.56. The van der Waals surface area contributed by atoms with Gasteiger partial charge in [0.15, 0.2) is 0 Å². The molecular weight excluding hydrogens is 291 g/mol. The monoisotopic (exact) mass is 306 g/mol. The van der Waals surface area contributed by atoms with E-state index in [4.69, 9.17) is 9.31 Å². The SMILES string of the molecule is CC1(C)OB(c2cc(OC(F)(F)F)ccc2F)OC1(C)C. The summed E-state index contributed by atoms with van der Waals surface area (Å²) in [5.74, 6) is -1.24. The van der Waals surface area contributed by atoms with Crippen molar-refractivity contribution in [2.24, 2.45) is 0 Å². The number of benzene rings is 1. The molecule has 0 bridgehead atoms. The zero-order valence-corrected chi connectivity index (χ0v) is 12.0. The summed E-state index contributed by atoms with van der Waals surface area (Å²) in [6.45, 7) is 7.06. The van der Waals surface area contributed by atoms with E-state index in [1.807, 2.05) is 0 Å². The molecule has 0 amide bonds. The summed E-state index contributed by atoms with van der Waals surface area (Å²) >= 11 is 0. The molecule has 0 aliphatic carbocycles. The third-order valence-electron chi connectivity index (χ3n) is 3.71. The standard InChI is InChI=1S/C13H15BF4O3/c1-11(2)12(3,4)21-14(20-11)9-7-8(5-6-10(9)15)19-13(16,17)18/h5-7H,1-4H3. The van der Waals surface area contributed by atoms with Gasteiger partial charge in [-0.05, 0) is 45.9 Å². The molecule has 2 rings (SSSR count). The van der Waals surface area contributed by atoms with Crippen molar-refractivity contribution in [2.75, 3.05) is 0 Å². The molecule has 116 valence electrons. The van der Waals surface area contributed by atoms with E-state index in [9.17, 15) is 17.6 Å². The molecule has 0 unspecified atom stereocenters. The van der Waals surface area contributed by atoms with Gasteiger partial charge in [0.1, 0.15) is 11.6 Å². The first-order chi connectivity index (χ1) is 9.41. The number of alkyl halides is 3. The Kier molecular flexibility index (Phi) is 3.74. The molecule has 1 heterocycles. The lowest BCUT2D eigenvalue weighted by Crippen LogP contribution is -2.41. The molecule has 8 heteroatoms. The Bertz CT molecular complexity index is 527. The van der Waals surface area contributed by atoms with Crippen molar-refractivity contribution in [1.82, 2.24) is 0 Å². The minimum absolute atomic E-state index is 0.129. The highest BCUT2D eigenvalue weighted by Gasteiger charge is 2.52. The summed E-state index contributed by atoms with van der Waals surface area (Å²) < 4.78 is 65.5. The molecule has 0 aromatic heterocycles. The van der Waals surface area contributed by atoms with Crippen molar-refractivity contribution < 1.29 is 31.6 Å². The Hall–Kier alpha value is -1.28. The van der Waals surface area contributed by atoms with E-state index < -0.39 is 36.2 Å². The Balaban J connectivity index is 2.31. The summed E-state index contributed by atoms with van der Waals surface area (Å²) in [7, 11) is -1.09. The van der Waals surface area contributed by atoms with Gasteiger partial charge in [0.25, 0.3) is 0 Å². The second-order valence-corrected chi connectivity index (χ2v) is 5.82. The van der Waals surface area contributed by atoms with Crippen LogP contribution in [-0.2, 0) is 9.31 Å². The molecule has 0 radical (unpaired) electrons. The van der Waals surface area contributed by atoms with Crippen LogP contribution < -0.4 is 10.2 Å². The quantitative estimate of drug-likeness (QED) is 0.621. The van der Waals surface area contributed by atoms with Crippen LogP contribution in [0, 0.1) is 5.82 Å². The van der Waals surface area contributed by atoms with Crippen molar-refractivity contribution in [1.29, 1.82) is 0 Å². The first kappa shape index (κ1) is 16.1. The maximum Gasteiger partial charge on any atom is 0.573 e. The maximum atomic E-state index is 13.9. The smallest absolute Gasteiger partial charge is 0.406 e. The lowest BCUT2D eigenvalue weighted by atomic mass is 9.78. The Morgan fingerprint density at radius 2 is 1.57 bits per heavy atom. The van der Waals surface area contributed by atoms with Gasteiger partial charge in [-0.25, -0.2) is 4.39 Å². The predicted octanol–water partition coefficient (Wildman–Crippen LogP) is 3.02. The highest BCUT2D eigenvalue weighted by atomic mass is 19.4. The Morgan fingerprint density at radius 3 is 2.05 bits per heavy atom. The van der Waals surface area contributed by atoms with Gasteiger partial charge in [-0.15, -0.1) is 13.2 Å². The molecule has 0 atom stereocenters. The number of halogens is 4. The number of hydrogen-bond donors (Lipinski definition) is 0. The fourth-order valence-electron chi connectivity index (χ4n) is 1.87. The molecule has 3 nitrogen and oxygen atoms in total. The minimum atomic E-state index is -4.84. The van der Waals surface area contributed by atoms with Crippen molar-refractivity contribution in [3.63, 3.8) is 0 Å². The molecule has 1 fully saturated rings. The van der Waals surface area contributed by atoms with Gasteiger partial charge in [0.05, 0.1) is 11.2 Å². The topological polar surface area (TPSA) is 27.7 Å². The predicted molar refractivity (Wildman–Crippen MR) is 68.8 cm³/mol. The van der Waals surface area contributed by atoms with Crippen molar-refractivity contribution >= 4 is 12.6 Å². The average molecular weight is 306 g/mol. The highest BCUT2D eigenvalue weighted by Crippen LogP contribution is 2.37. The van der Waals surface area contributed by atoms with Crippen LogP contribution in [0.15, 0.2) is 18.2 Å². The van der Waals surface area contributed by atoms with Crippen LogP contribution >= 0.6 is 0 Å².